The molecule has 0 aliphatic heterocycles. The second-order valence-corrected chi connectivity index (χ2v) is 4.36. The van der Waals surface area contributed by atoms with E-state index in [-0.39, 0.29) is 5.91 Å². The number of nitrogens with one attached hydrogen (secondary N) is 1. The second kappa shape index (κ2) is 6.65. The minimum Gasteiger partial charge on any atom is -0.496 e. The van der Waals surface area contributed by atoms with Crippen LogP contribution >= 0.6 is 0 Å². The van der Waals surface area contributed by atoms with Gasteiger partial charge in [0.2, 0.25) is 0 Å². The lowest BCUT2D eigenvalue weighted by molar-refractivity contribution is 0.0948. The normalized spacial score (nSPS) is 10.1. The first-order valence-corrected chi connectivity index (χ1v) is 6.39. The first-order valence-electron chi connectivity index (χ1n) is 6.39. The Labute approximate surface area is 118 Å². The number of rotatable bonds is 5. The molecule has 1 N–H and O–H groups in total. The van der Waals surface area contributed by atoms with Crippen LogP contribution in [0.25, 0.3) is 0 Å². The molecule has 104 valence electrons. The maximum absolute atomic E-state index is 11.9. The van der Waals surface area contributed by atoms with Crippen molar-refractivity contribution in [1.82, 2.24) is 15.3 Å². The highest BCUT2D eigenvalue weighted by atomic mass is 16.5. The highest BCUT2D eigenvalue weighted by molar-refractivity contribution is 5.91. The van der Waals surface area contributed by atoms with Crippen molar-refractivity contribution in [3.8, 4) is 5.75 Å². The first kappa shape index (κ1) is 14.0. The molecule has 1 heterocycles. The molecule has 0 fully saturated rings. The number of aromatic nitrogens is 2. The van der Waals surface area contributed by atoms with E-state index in [4.69, 9.17) is 4.74 Å². The Morgan fingerprint density at radius 3 is 2.75 bits per heavy atom. The van der Waals surface area contributed by atoms with E-state index >= 15 is 0 Å². The van der Waals surface area contributed by atoms with Crippen LogP contribution in [0.3, 0.4) is 0 Å². The fourth-order valence-electron chi connectivity index (χ4n) is 1.82. The van der Waals surface area contributed by atoms with Gasteiger partial charge in [0, 0.05) is 12.7 Å². The lowest BCUT2D eigenvalue weighted by atomic mass is 10.1. The van der Waals surface area contributed by atoms with Crippen LogP contribution in [0, 0.1) is 6.92 Å². The van der Waals surface area contributed by atoms with Gasteiger partial charge in [0.25, 0.3) is 5.91 Å². The van der Waals surface area contributed by atoms with Crippen LogP contribution in [0.1, 0.15) is 21.7 Å². The van der Waals surface area contributed by atoms with Gasteiger partial charge in [-0.15, -0.1) is 0 Å². The summed E-state index contributed by atoms with van der Waals surface area (Å²) in [5, 5.41) is 2.82. The third-order valence-electron chi connectivity index (χ3n) is 2.89. The van der Waals surface area contributed by atoms with E-state index in [2.05, 4.69) is 15.3 Å². The molecule has 1 amide bonds. The Bertz CT molecular complexity index is 582. The summed E-state index contributed by atoms with van der Waals surface area (Å²) in [6.07, 6.45) is 3.76. The number of methoxy groups -OCH3 is 1. The Kier molecular flexibility index (Phi) is 4.65. The van der Waals surface area contributed by atoms with E-state index in [9.17, 15) is 4.79 Å². The average molecular weight is 271 g/mol. The second-order valence-electron chi connectivity index (χ2n) is 4.36. The average Bonchev–Trinajstić information content (AvgIpc) is 2.48. The van der Waals surface area contributed by atoms with Crippen LogP contribution in [0.4, 0.5) is 0 Å². The summed E-state index contributed by atoms with van der Waals surface area (Å²) in [4.78, 5) is 19.9. The number of hydrogen-bond donors (Lipinski definition) is 1. The highest BCUT2D eigenvalue weighted by Gasteiger charge is 2.07. The Hall–Kier alpha value is -2.43. The van der Waals surface area contributed by atoms with Crippen LogP contribution in [0.15, 0.2) is 36.7 Å². The third kappa shape index (κ3) is 3.54. The summed E-state index contributed by atoms with van der Waals surface area (Å²) in [6.45, 7) is 2.35. The molecule has 20 heavy (non-hydrogen) atoms. The molecule has 0 saturated carbocycles. The monoisotopic (exact) mass is 271 g/mol. The highest BCUT2D eigenvalue weighted by Crippen LogP contribution is 2.17. The van der Waals surface area contributed by atoms with E-state index in [1.807, 2.05) is 31.2 Å². The standard InChI is InChI=1S/C15H17N3O2/c1-11-9-18-13(10-17-11)15(19)16-8-7-12-5-3-4-6-14(12)20-2/h3-6,9-10H,7-8H2,1-2H3,(H,16,19). The van der Waals surface area contributed by atoms with Gasteiger partial charge in [0.1, 0.15) is 11.4 Å². The smallest absolute Gasteiger partial charge is 0.271 e. The van der Waals surface area contributed by atoms with Crippen LogP contribution in [-0.2, 0) is 6.42 Å². The predicted octanol–water partition coefficient (Wildman–Crippen LogP) is 1.77. The Morgan fingerprint density at radius 1 is 1.25 bits per heavy atom. The number of amides is 1. The van der Waals surface area contributed by atoms with Gasteiger partial charge in [0.05, 0.1) is 19.0 Å². The predicted molar refractivity (Wildman–Crippen MR) is 75.8 cm³/mol. The van der Waals surface area contributed by atoms with Gasteiger partial charge in [-0.1, -0.05) is 18.2 Å². The number of hydrogen-bond acceptors (Lipinski definition) is 4. The quantitative estimate of drug-likeness (QED) is 0.900. The van der Waals surface area contributed by atoms with Gasteiger partial charge in [-0.2, -0.15) is 0 Å². The Balaban J connectivity index is 1.89. The van der Waals surface area contributed by atoms with Crippen molar-refractivity contribution in [2.45, 2.75) is 13.3 Å². The van der Waals surface area contributed by atoms with Crippen molar-refractivity contribution in [1.29, 1.82) is 0 Å². The number of aryl methyl sites for hydroxylation is 1. The number of nitrogens with zero attached hydrogens (tertiary/aromatic N) is 2. The van der Waals surface area contributed by atoms with Crippen LogP contribution < -0.4 is 10.1 Å². The molecule has 0 radical (unpaired) electrons. The van der Waals surface area contributed by atoms with Crippen molar-refractivity contribution >= 4 is 5.91 Å². The molecule has 0 unspecified atom stereocenters. The molecule has 0 bridgehead atoms. The fraction of sp³-hybridized carbons (Fsp3) is 0.267. The molecule has 0 aliphatic rings. The van der Waals surface area contributed by atoms with Crippen LogP contribution in [0.5, 0.6) is 5.75 Å². The van der Waals surface area contributed by atoms with Crippen molar-refractivity contribution in [3.63, 3.8) is 0 Å². The molecule has 0 atom stereocenters. The molecule has 0 spiro atoms. The molecular formula is C15H17N3O2. The summed E-state index contributed by atoms with van der Waals surface area (Å²) < 4.78 is 5.27. The molecule has 2 rings (SSSR count). The molecule has 1 aromatic carbocycles. The summed E-state index contributed by atoms with van der Waals surface area (Å²) in [5.74, 6) is 0.615. The van der Waals surface area contributed by atoms with Crippen molar-refractivity contribution < 1.29 is 9.53 Å². The van der Waals surface area contributed by atoms with Gasteiger partial charge in [0.15, 0.2) is 0 Å². The fourth-order valence-corrected chi connectivity index (χ4v) is 1.82. The summed E-state index contributed by atoms with van der Waals surface area (Å²) in [7, 11) is 1.64. The minimum atomic E-state index is -0.215. The van der Waals surface area contributed by atoms with Crippen LogP contribution in [0.2, 0.25) is 0 Å². The zero-order valence-electron chi connectivity index (χ0n) is 11.6. The largest absolute Gasteiger partial charge is 0.496 e. The maximum Gasteiger partial charge on any atom is 0.271 e. The molecule has 0 aliphatic carbocycles. The van der Waals surface area contributed by atoms with Gasteiger partial charge >= 0.3 is 0 Å². The molecule has 0 saturated heterocycles. The SMILES string of the molecule is COc1ccccc1CCNC(=O)c1cnc(C)cn1. The van der Waals surface area contributed by atoms with E-state index < -0.39 is 0 Å². The lowest BCUT2D eigenvalue weighted by Crippen LogP contribution is -2.26. The summed E-state index contributed by atoms with van der Waals surface area (Å²) >= 11 is 0. The number of benzene rings is 1. The summed E-state index contributed by atoms with van der Waals surface area (Å²) in [6, 6.07) is 7.76. The van der Waals surface area contributed by atoms with Crippen LogP contribution in [-0.4, -0.2) is 29.5 Å². The molecule has 2 aromatic rings. The zero-order valence-corrected chi connectivity index (χ0v) is 11.6. The van der Waals surface area contributed by atoms with E-state index in [0.29, 0.717) is 18.7 Å². The number of carbonyl (C=O) groups is 1. The lowest BCUT2D eigenvalue weighted by Gasteiger charge is -2.08. The first-order chi connectivity index (χ1) is 9.70. The number of carbonyl (C=O) groups excluding carboxylic acids is 1. The van der Waals surface area contributed by atoms with Crippen molar-refractivity contribution in [2.24, 2.45) is 0 Å². The molecular weight excluding hydrogens is 254 g/mol. The van der Waals surface area contributed by atoms with E-state index in [1.165, 1.54) is 6.20 Å². The zero-order chi connectivity index (χ0) is 14.4. The minimum absolute atomic E-state index is 0.215. The van der Waals surface area contributed by atoms with Crippen molar-refractivity contribution in [2.75, 3.05) is 13.7 Å². The van der Waals surface area contributed by atoms with Gasteiger partial charge < -0.3 is 10.1 Å². The topological polar surface area (TPSA) is 64.1 Å². The molecule has 5 nitrogen and oxygen atoms in total. The number of ether oxygens (including phenoxy) is 1. The summed E-state index contributed by atoms with van der Waals surface area (Å²) in [5.41, 5.74) is 2.18. The van der Waals surface area contributed by atoms with Gasteiger partial charge in [-0.05, 0) is 25.0 Å². The van der Waals surface area contributed by atoms with E-state index in [1.54, 1.807) is 13.3 Å². The molecule has 5 heteroatoms. The number of para-hydroxylation sites is 1. The van der Waals surface area contributed by atoms with Gasteiger partial charge in [-0.25, -0.2) is 4.98 Å². The van der Waals surface area contributed by atoms with Crippen molar-refractivity contribution in [3.05, 3.63) is 53.6 Å². The third-order valence-corrected chi connectivity index (χ3v) is 2.89. The maximum atomic E-state index is 11.9. The Morgan fingerprint density at radius 2 is 2.05 bits per heavy atom. The van der Waals surface area contributed by atoms with E-state index in [0.717, 1.165) is 17.0 Å². The van der Waals surface area contributed by atoms with Gasteiger partial charge in [-0.3, -0.25) is 9.78 Å². The molecule has 1 aromatic heterocycles.